The standard InChI is InChI=1S/C12H11N4O/c1-8(14-16-13)12-11(9(2)17-15-12)10-6-4-3-5-7-10/h3-6,8H,1-2H3. The Labute approximate surface area is 98.7 Å². The number of rotatable bonds is 3. The Balaban J connectivity index is 2.54. The van der Waals surface area contributed by atoms with Crippen molar-refractivity contribution in [3.8, 4) is 11.1 Å². The van der Waals surface area contributed by atoms with Crippen LogP contribution in [0.3, 0.4) is 0 Å². The SMILES string of the molecule is Cc1onc(C(C)N=[N+]=[N-])c1-c1[c]cccc1. The van der Waals surface area contributed by atoms with Crippen LogP contribution in [-0.4, -0.2) is 5.16 Å². The van der Waals surface area contributed by atoms with E-state index in [0.29, 0.717) is 11.5 Å². The lowest BCUT2D eigenvalue weighted by molar-refractivity contribution is 0.387. The van der Waals surface area contributed by atoms with E-state index in [1.807, 2.05) is 31.2 Å². The van der Waals surface area contributed by atoms with Gasteiger partial charge in [-0.3, -0.25) is 0 Å². The van der Waals surface area contributed by atoms with E-state index in [4.69, 9.17) is 10.1 Å². The van der Waals surface area contributed by atoms with Crippen LogP contribution < -0.4 is 0 Å². The van der Waals surface area contributed by atoms with Gasteiger partial charge in [-0.1, -0.05) is 41.5 Å². The molecule has 17 heavy (non-hydrogen) atoms. The average Bonchev–Trinajstić information content (AvgIpc) is 2.73. The van der Waals surface area contributed by atoms with Crippen molar-refractivity contribution in [2.24, 2.45) is 5.11 Å². The average molecular weight is 227 g/mol. The molecule has 1 aromatic heterocycles. The van der Waals surface area contributed by atoms with Gasteiger partial charge in [0.05, 0.1) is 6.04 Å². The quantitative estimate of drug-likeness (QED) is 0.454. The van der Waals surface area contributed by atoms with Gasteiger partial charge in [0.25, 0.3) is 0 Å². The van der Waals surface area contributed by atoms with Crippen LogP contribution in [0.5, 0.6) is 0 Å². The Bertz CT molecular complexity index is 555. The highest BCUT2D eigenvalue weighted by molar-refractivity contribution is 5.67. The molecular formula is C12H11N4O. The van der Waals surface area contributed by atoms with E-state index in [0.717, 1.165) is 11.1 Å². The molecule has 2 aromatic rings. The number of aryl methyl sites for hydroxylation is 1. The summed E-state index contributed by atoms with van der Waals surface area (Å²) in [5.74, 6) is 0.697. The van der Waals surface area contributed by atoms with E-state index < -0.39 is 0 Å². The summed E-state index contributed by atoms with van der Waals surface area (Å²) < 4.78 is 5.16. The molecule has 1 atom stereocenters. The highest BCUT2D eigenvalue weighted by Gasteiger charge is 2.18. The van der Waals surface area contributed by atoms with Gasteiger partial charge in [0.1, 0.15) is 11.5 Å². The summed E-state index contributed by atoms with van der Waals surface area (Å²) in [6.45, 7) is 3.61. The zero-order valence-corrected chi connectivity index (χ0v) is 9.58. The lowest BCUT2D eigenvalue weighted by Crippen LogP contribution is -1.92. The Morgan fingerprint density at radius 1 is 1.53 bits per heavy atom. The summed E-state index contributed by atoms with van der Waals surface area (Å²) in [7, 11) is 0. The van der Waals surface area contributed by atoms with E-state index in [1.165, 1.54) is 0 Å². The molecule has 2 rings (SSSR count). The molecular weight excluding hydrogens is 216 g/mol. The van der Waals surface area contributed by atoms with Gasteiger partial charge < -0.3 is 4.52 Å². The molecule has 1 heterocycles. The van der Waals surface area contributed by atoms with Crippen molar-refractivity contribution in [3.63, 3.8) is 0 Å². The molecule has 0 aliphatic rings. The van der Waals surface area contributed by atoms with E-state index in [2.05, 4.69) is 21.2 Å². The third-order valence-corrected chi connectivity index (χ3v) is 2.49. The predicted molar refractivity (Wildman–Crippen MR) is 63.1 cm³/mol. The van der Waals surface area contributed by atoms with Gasteiger partial charge in [-0.2, -0.15) is 0 Å². The third kappa shape index (κ3) is 2.14. The molecule has 1 unspecified atom stereocenters. The third-order valence-electron chi connectivity index (χ3n) is 2.49. The zero-order valence-electron chi connectivity index (χ0n) is 9.58. The van der Waals surface area contributed by atoms with Crippen molar-refractivity contribution in [1.29, 1.82) is 0 Å². The van der Waals surface area contributed by atoms with Crippen molar-refractivity contribution >= 4 is 0 Å². The number of azide groups is 1. The number of hydrogen-bond donors (Lipinski definition) is 0. The van der Waals surface area contributed by atoms with Crippen LogP contribution >= 0.6 is 0 Å². The van der Waals surface area contributed by atoms with Crippen molar-refractivity contribution < 1.29 is 4.52 Å². The molecule has 0 amide bonds. The molecule has 0 saturated carbocycles. The molecule has 5 heteroatoms. The Morgan fingerprint density at radius 3 is 3.00 bits per heavy atom. The zero-order chi connectivity index (χ0) is 12.3. The van der Waals surface area contributed by atoms with Gasteiger partial charge in [0.15, 0.2) is 0 Å². The lowest BCUT2D eigenvalue weighted by atomic mass is 10.0. The summed E-state index contributed by atoms with van der Waals surface area (Å²) in [5.41, 5.74) is 10.8. The molecule has 0 bridgehead atoms. The largest absolute Gasteiger partial charge is 0.361 e. The number of benzene rings is 1. The highest BCUT2D eigenvalue weighted by Crippen LogP contribution is 2.31. The second-order valence-corrected chi connectivity index (χ2v) is 3.66. The molecule has 85 valence electrons. The molecule has 1 radical (unpaired) electrons. The second kappa shape index (κ2) is 4.72. The Kier molecular flexibility index (Phi) is 3.12. The molecule has 5 nitrogen and oxygen atoms in total. The lowest BCUT2D eigenvalue weighted by Gasteiger charge is -2.04. The maximum absolute atomic E-state index is 8.46. The second-order valence-electron chi connectivity index (χ2n) is 3.66. The molecule has 0 fully saturated rings. The van der Waals surface area contributed by atoms with Crippen LogP contribution in [0.2, 0.25) is 0 Å². The van der Waals surface area contributed by atoms with Crippen LogP contribution in [0.25, 0.3) is 21.6 Å². The number of hydrogen-bond acceptors (Lipinski definition) is 3. The van der Waals surface area contributed by atoms with Crippen LogP contribution in [-0.2, 0) is 0 Å². The van der Waals surface area contributed by atoms with Crippen LogP contribution in [0.4, 0.5) is 0 Å². The van der Waals surface area contributed by atoms with Crippen molar-refractivity contribution in [1.82, 2.24) is 5.16 Å². The number of aromatic nitrogens is 1. The first-order chi connectivity index (χ1) is 8.24. The van der Waals surface area contributed by atoms with Crippen LogP contribution in [0.1, 0.15) is 24.4 Å². The monoisotopic (exact) mass is 227 g/mol. The molecule has 1 aromatic carbocycles. The summed E-state index contributed by atoms with van der Waals surface area (Å²) in [6.07, 6.45) is 0. The predicted octanol–water partition coefficient (Wildman–Crippen LogP) is 3.82. The number of nitrogens with zero attached hydrogens (tertiary/aromatic N) is 4. The fourth-order valence-electron chi connectivity index (χ4n) is 1.68. The van der Waals surface area contributed by atoms with Crippen molar-refractivity contribution in [2.75, 3.05) is 0 Å². The van der Waals surface area contributed by atoms with Gasteiger partial charge in [-0.15, -0.1) is 0 Å². The summed E-state index contributed by atoms with van der Waals surface area (Å²) in [6, 6.07) is 10.3. The smallest absolute Gasteiger partial charge is 0.141 e. The first kappa shape index (κ1) is 11.2. The van der Waals surface area contributed by atoms with Crippen molar-refractivity contribution in [3.05, 3.63) is 52.2 Å². The molecule has 0 aliphatic heterocycles. The van der Waals surface area contributed by atoms with E-state index in [1.54, 1.807) is 6.92 Å². The summed E-state index contributed by atoms with van der Waals surface area (Å²) in [5, 5.41) is 7.59. The van der Waals surface area contributed by atoms with E-state index in [-0.39, 0.29) is 6.04 Å². The summed E-state index contributed by atoms with van der Waals surface area (Å²) in [4.78, 5) is 2.79. The topological polar surface area (TPSA) is 74.8 Å². The van der Waals surface area contributed by atoms with Gasteiger partial charge in [0.2, 0.25) is 0 Å². The maximum Gasteiger partial charge on any atom is 0.141 e. The first-order valence-electron chi connectivity index (χ1n) is 5.21. The maximum atomic E-state index is 8.46. The van der Waals surface area contributed by atoms with Gasteiger partial charge in [0, 0.05) is 10.5 Å². The van der Waals surface area contributed by atoms with E-state index >= 15 is 0 Å². The Morgan fingerprint density at radius 2 is 2.35 bits per heavy atom. The fourth-order valence-corrected chi connectivity index (χ4v) is 1.68. The van der Waals surface area contributed by atoms with Gasteiger partial charge in [-0.05, 0) is 24.1 Å². The van der Waals surface area contributed by atoms with Crippen molar-refractivity contribution in [2.45, 2.75) is 19.9 Å². The summed E-state index contributed by atoms with van der Waals surface area (Å²) >= 11 is 0. The normalized spacial score (nSPS) is 11.9. The molecule has 0 spiro atoms. The molecule has 0 saturated heterocycles. The Hall–Kier alpha value is -2.26. The minimum absolute atomic E-state index is 0.360. The fraction of sp³-hybridized carbons (Fsp3) is 0.250. The minimum atomic E-state index is -0.360. The van der Waals surface area contributed by atoms with Gasteiger partial charge >= 0.3 is 0 Å². The molecule has 0 aliphatic carbocycles. The van der Waals surface area contributed by atoms with Crippen LogP contribution in [0, 0.1) is 13.0 Å². The van der Waals surface area contributed by atoms with E-state index in [9.17, 15) is 0 Å². The highest BCUT2D eigenvalue weighted by atomic mass is 16.5. The van der Waals surface area contributed by atoms with Gasteiger partial charge in [-0.25, -0.2) is 0 Å². The molecule has 0 N–H and O–H groups in total. The van der Waals surface area contributed by atoms with Crippen LogP contribution in [0.15, 0.2) is 33.9 Å². The first-order valence-corrected chi connectivity index (χ1v) is 5.21. The minimum Gasteiger partial charge on any atom is -0.361 e.